The van der Waals surface area contributed by atoms with Crippen LogP contribution in [-0.2, 0) is 6.42 Å². The van der Waals surface area contributed by atoms with Gasteiger partial charge in [-0.2, -0.15) is 0 Å². The second-order valence-electron chi connectivity index (χ2n) is 4.84. The quantitative estimate of drug-likeness (QED) is 0.854. The van der Waals surface area contributed by atoms with E-state index in [1.54, 1.807) is 0 Å². The average molecular weight is 224 g/mol. The van der Waals surface area contributed by atoms with Gasteiger partial charge in [-0.25, -0.2) is 4.98 Å². The Morgan fingerprint density at radius 3 is 2.93 bits per heavy atom. The highest BCUT2D eigenvalue weighted by Crippen LogP contribution is 2.31. The monoisotopic (exact) mass is 224 g/mol. The standard InChI is InChI=1S/C12H20N2S/c1-8(2)6-11-14-9(3)12(15-11)10-4-5-13-7-10/h8,10,13H,4-7H2,1-3H3. The number of nitrogens with zero attached hydrogens (tertiary/aromatic N) is 1. The average Bonchev–Trinajstić information content (AvgIpc) is 2.72. The van der Waals surface area contributed by atoms with E-state index < -0.39 is 0 Å². The van der Waals surface area contributed by atoms with Crippen LogP contribution in [0.5, 0.6) is 0 Å². The molecule has 84 valence electrons. The first-order valence-electron chi connectivity index (χ1n) is 5.83. The zero-order valence-corrected chi connectivity index (χ0v) is 10.7. The van der Waals surface area contributed by atoms with Crippen molar-refractivity contribution in [2.45, 2.75) is 39.5 Å². The molecule has 15 heavy (non-hydrogen) atoms. The SMILES string of the molecule is Cc1nc(CC(C)C)sc1C1CCNC1. The number of aromatic nitrogens is 1. The molecule has 1 N–H and O–H groups in total. The van der Waals surface area contributed by atoms with E-state index >= 15 is 0 Å². The first-order valence-corrected chi connectivity index (χ1v) is 6.65. The summed E-state index contributed by atoms with van der Waals surface area (Å²) in [6, 6.07) is 0. The van der Waals surface area contributed by atoms with Crippen molar-refractivity contribution in [2.24, 2.45) is 5.92 Å². The van der Waals surface area contributed by atoms with Crippen molar-refractivity contribution >= 4 is 11.3 Å². The van der Waals surface area contributed by atoms with E-state index in [2.05, 4.69) is 31.1 Å². The summed E-state index contributed by atoms with van der Waals surface area (Å²) < 4.78 is 0. The zero-order valence-electron chi connectivity index (χ0n) is 9.84. The second-order valence-corrected chi connectivity index (χ2v) is 5.96. The molecule has 0 aliphatic carbocycles. The van der Waals surface area contributed by atoms with E-state index in [1.165, 1.54) is 28.5 Å². The van der Waals surface area contributed by atoms with E-state index in [1.807, 2.05) is 11.3 Å². The maximum Gasteiger partial charge on any atom is 0.0933 e. The molecule has 0 saturated carbocycles. The third kappa shape index (κ3) is 2.58. The van der Waals surface area contributed by atoms with Crippen LogP contribution in [0.4, 0.5) is 0 Å². The largest absolute Gasteiger partial charge is 0.316 e. The van der Waals surface area contributed by atoms with Gasteiger partial charge >= 0.3 is 0 Å². The summed E-state index contributed by atoms with van der Waals surface area (Å²) in [6.45, 7) is 8.99. The van der Waals surface area contributed by atoms with Crippen LogP contribution >= 0.6 is 11.3 Å². The molecule has 0 aromatic carbocycles. The number of rotatable bonds is 3. The molecule has 1 unspecified atom stereocenters. The summed E-state index contributed by atoms with van der Waals surface area (Å²) in [4.78, 5) is 6.21. The minimum atomic E-state index is 0.713. The van der Waals surface area contributed by atoms with Crippen molar-refractivity contribution < 1.29 is 0 Å². The van der Waals surface area contributed by atoms with Crippen LogP contribution in [0.25, 0.3) is 0 Å². The van der Waals surface area contributed by atoms with E-state index in [9.17, 15) is 0 Å². The summed E-state index contributed by atoms with van der Waals surface area (Å²) in [5, 5.41) is 4.75. The van der Waals surface area contributed by atoms with Crippen LogP contribution in [0.2, 0.25) is 0 Å². The van der Waals surface area contributed by atoms with Gasteiger partial charge in [-0.15, -0.1) is 11.3 Å². The Labute approximate surface area is 96.1 Å². The molecule has 1 atom stereocenters. The first-order chi connectivity index (χ1) is 7.16. The molecule has 1 fully saturated rings. The molecule has 1 saturated heterocycles. The smallest absolute Gasteiger partial charge is 0.0933 e. The number of aryl methyl sites for hydroxylation is 1. The van der Waals surface area contributed by atoms with Gasteiger partial charge < -0.3 is 5.32 Å². The second kappa shape index (κ2) is 4.62. The molecule has 3 heteroatoms. The highest BCUT2D eigenvalue weighted by atomic mass is 32.1. The van der Waals surface area contributed by atoms with E-state index in [0.29, 0.717) is 5.92 Å². The van der Waals surface area contributed by atoms with Crippen LogP contribution in [0, 0.1) is 12.8 Å². The highest BCUT2D eigenvalue weighted by molar-refractivity contribution is 7.11. The van der Waals surface area contributed by atoms with Crippen LogP contribution in [0.15, 0.2) is 0 Å². The Morgan fingerprint density at radius 2 is 2.33 bits per heavy atom. The summed E-state index contributed by atoms with van der Waals surface area (Å²) in [5.41, 5.74) is 1.27. The normalized spacial score (nSPS) is 21.5. The van der Waals surface area contributed by atoms with Gasteiger partial charge in [0.05, 0.1) is 10.7 Å². The van der Waals surface area contributed by atoms with Crippen LogP contribution in [-0.4, -0.2) is 18.1 Å². The predicted octanol–water partition coefficient (Wildman–Crippen LogP) is 2.73. The van der Waals surface area contributed by atoms with Crippen molar-refractivity contribution in [3.05, 3.63) is 15.6 Å². The molecule has 0 bridgehead atoms. The topological polar surface area (TPSA) is 24.9 Å². The van der Waals surface area contributed by atoms with Crippen LogP contribution in [0.3, 0.4) is 0 Å². The summed E-state index contributed by atoms with van der Waals surface area (Å²) in [6.07, 6.45) is 2.41. The molecule has 0 radical (unpaired) electrons. The van der Waals surface area contributed by atoms with Gasteiger partial charge in [0.2, 0.25) is 0 Å². The Kier molecular flexibility index (Phi) is 3.42. The van der Waals surface area contributed by atoms with E-state index in [-0.39, 0.29) is 0 Å². The first kappa shape index (κ1) is 11.1. The summed E-state index contributed by atoms with van der Waals surface area (Å²) in [5.74, 6) is 1.44. The molecule has 1 aliphatic heterocycles. The summed E-state index contributed by atoms with van der Waals surface area (Å²) in [7, 11) is 0. The Hall–Kier alpha value is -0.410. The predicted molar refractivity (Wildman–Crippen MR) is 65.6 cm³/mol. The van der Waals surface area contributed by atoms with Gasteiger partial charge in [0.25, 0.3) is 0 Å². The third-order valence-corrected chi connectivity index (χ3v) is 4.23. The van der Waals surface area contributed by atoms with Crippen molar-refractivity contribution in [1.29, 1.82) is 0 Å². The van der Waals surface area contributed by atoms with Gasteiger partial charge in [-0.3, -0.25) is 0 Å². The van der Waals surface area contributed by atoms with Gasteiger partial charge in [0, 0.05) is 23.8 Å². The van der Waals surface area contributed by atoms with Crippen molar-refractivity contribution in [3.8, 4) is 0 Å². The van der Waals surface area contributed by atoms with Gasteiger partial charge in [-0.05, 0) is 25.8 Å². The fraction of sp³-hybridized carbons (Fsp3) is 0.750. The lowest BCUT2D eigenvalue weighted by atomic mass is 10.1. The van der Waals surface area contributed by atoms with Crippen LogP contribution < -0.4 is 5.32 Å². The van der Waals surface area contributed by atoms with Crippen molar-refractivity contribution in [2.75, 3.05) is 13.1 Å². The molecule has 2 nitrogen and oxygen atoms in total. The molecule has 2 heterocycles. The molecule has 2 rings (SSSR count). The molecule has 1 aromatic rings. The Bertz CT molecular complexity index is 324. The molecule has 0 amide bonds. The fourth-order valence-electron chi connectivity index (χ4n) is 2.16. The lowest BCUT2D eigenvalue weighted by Crippen LogP contribution is -2.07. The third-order valence-electron chi connectivity index (χ3n) is 2.89. The van der Waals surface area contributed by atoms with Gasteiger partial charge in [0.15, 0.2) is 0 Å². The molecular formula is C12H20N2S. The molecule has 0 spiro atoms. The van der Waals surface area contributed by atoms with Crippen LogP contribution in [0.1, 0.15) is 41.8 Å². The van der Waals surface area contributed by atoms with Gasteiger partial charge in [0.1, 0.15) is 0 Å². The maximum absolute atomic E-state index is 4.69. The van der Waals surface area contributed by atoms with Crippen molar-refractivity contribution in [3.63, 3.8) is 0 Å². The highest BCUT2D eigenvalue weighted by Gasteiger charge is 2.21. The number of hydrogen-bond acceptors (Lipinski definition) is 3. The number of thiazole rings is 1. The van der Waals surface area contributed by atoms with Gasteiger partial charge in [-0.1, -0.05) is 13.8 Å². The maximum atomic E-state index is 4.69. The van der Waals surface area contributed by atoms with Crippen molar-refractivity contribution in [1.82, 2.24) is 10.3 Å². The Balaban J connectivity index is 2.13. The molecular weight excluding hydrogens is 204 g/mol. The molecule has 1 aliphatic rings. The Morgan fingerprint density at radius 1 is 1.53 bits per heavy atom. The molecule has 1 aromatic heterocycles. The minimum absolute atomic E-state index is 0.713. The number of hydrogen-bond donors (Lipinski definition) is 1. The zero-order chi connectivity index (χ0) is 10.8. The van der Waals surface area contributed by atoms with E-state index in [4.69, 9.17) is 0 Å². The summed E-state index contributed by atoms with van der Waals surface area (Å²) >= 11 is 1.93. The number of nitrogens with one attached hydrogen (secondary N) is 1. The lowest BCUT2D eigenvalue weighted by molar-refractivity contribution is 0.643. The minimum Gasteiger partial charge on any atom is -0.316 e. The fourth-order valence-corrected chi connectivity index (χ4v) is 3.57. The lowest BCUT2D eigenvalue weighted by Gasteiger charge is -2.04. The van der Waals surface area contributed by atoms with E-state index in [0.717, 1.165) is 18.9 Å².